The molecule has 2 aromatic rings. The molecule has 3 amide bonds. The van der Waals surface area contributed by atoms with Crippen LogP contribution in [0.15, 0.2) is 22.7 Å². The minimum absolute atomic E-state index is 0.131. The Kier molecular flexibility index (Phi) is 5.40. The topological polar surface area (TPSA) is 115 Å². The molecule has 1 saturated heterocycles. The molecule has 1 fully saturated rings. The maximum atomic E-state index is 13.0. The van der Waals surface area contributed by atoms with Gasteiger partial charge >= 0.3 is 0 Å². The number of carbonyl (C=O) groups is 3. The molecule has 9 nitrogen and oxygen atoms in total. The molecule has 0 aliphatic carbocycles. The van der Waals surface area contributed by atoms with Crippen LogP contribution < -0.4 is 5.32 Å². The summed E-state index contributed by atoms with van der Waals surface area (Å²) in [6, 6.07) is 4.54. The van der Waals surface area contributed by atoms with Crippen molar-refractivity contribution in [2.24, 2.45) is 0 Å². The number of hydrogen-bond acceptors (Lipinski definition) is 7. The minimum Gasteiger partial charge on any atom is -0.376 e. The van der Waals surface area contributed by atoms with E-state index in [0.29, 0.717) is 23.9 Å². The van der Waals surface area contributed by atoms with E-state index in [0.717, 1.165) is 12.8 Å². The summed E-state index contributed by atoms with van der Waals surface area (Å²) in [5.41, 5.74) is -0.413. The first-order valence-corrected chi connectivity index (χ1v) is 10.8. The number of hydrogen-bond donors (Lipinski definition) is 1. The fraction of sp³-hybridized carbons (Fsp3) is 0.522. The Hall–Kier alpha value is -3.07. The van der Waals surface area contributed by atoms with Crippen molar-refractivity contribution < 1.29 is 23.6 Å². The fourth-order valence-electron chi connectivity index (χ4n) is 3.78. The van der Waals surface area contributed by atoms with Crippen LogP contribution in [0, 0.1) is 0 Å². The smallest absolute Gasteiger partial charge is 0.261 e. The highest BCUT2D eigenvalue weighted by atomic mass is 16.5. The van der Waals surface area contributed by atoms with Crippen molar-refractivity contribution in [1.82, 2.24) is 20.4 Å². The lowest BCUT2D eigenvalue weighted by Crippen LogP contribution is -2.42. The van der Waals surface area contributed by atoms with Crippen molar-refractivity contribution in [3.63, 3.8) is 0 Å². The second-order valence-corrected chi connectivity index (χ2v) is 9.87. The maximum Gasteiger partial charge on any atom is 0.261 e. The number of ether oxygens (including phenoxy) is 1. The van der Waals surface area contributed by atoms with Crippen LogP contribution in [0.5, 0.6) is 0 Å². The van der Waals surface area contributed by atoms with Gasteiger partial charge in [0.25, 0.3) is 17.7 Å². The van der Waals surface area contributed by atoms with E-state index in [1.54, 1.807) is 19.9 Å². The average molecular weight is 441 g/mol. The highest BCUT2D eigenvalue weighted by Crippen LogP contribution is 2.27. The molecule has 0 bridgehead atoms. The lowest BCUT2D eigenvalue weighted by Gasteiger charge is -2.22. The van der Waals surface area contributed by atoms with Crippen LogP contribution in [-0.4, -0.2) is 52.0 Å². The van der Waals surface area contributed by atoms with E-state index < -0.39 is 17.4 Å². The molecule has 3 heterocycles. The number of amides is 3. The van der Waals surface area contributed by atoms with Gasteiger partial charge in [-0.15, -0.1) is 0 Å². The quantitative estimate of drug-likeness (QED) is 0.711. The van der Waals surface area contributed by atoms with Gasteiger partial charge in [-0.1, -0.05) is 25.9 Å². The molecule has 2 aliphatic heterocycles. The van der Waals surface area contributed by atoms with Crippen molar-refractivity contribution in [1.29, 1.82) is 0 Å². The van der Waals surface area contributed by atoms with Gasteiger partial charge < -0.3 is 14.6 Å². The molecule has 0 spiro atoms. The van der Waals surface area contributed by atoms with Crippen molar-refractivity contribution in [2.45, 2.75) is 64.5 Å². The second kappa shape index (κ2) is 7.81. The summed E-state index contributed by atoms with van der Waals surface area (Å²) in [5.74, 6) is -0.330. The van der Waals surface area contributed by atoms with E-state index in [4.69, 9.17) is 9.26 Å². The molecule has 32 heavy (non-hydrogen) atoms. The second-order valence-electron chi connectivity index (χ2n) is 9.87. The monoisotopic (exact) mass is 440 g/mol. The van der Waals surface area contributed by atoms with Gasteiger partial charge in [-0.3, -0.25) is 19.3 Å². The van der Waals surface area contributed by atoms with E-state index in [9.17, 15) is 14.4 Å². The zero-order valence-corrected chi connectivity index (χ0v) is 19.0. The Morgan fingerprint density at radius 2 is 1.88 bits per heavy atom. The van der Waals surface area contributed by atoms with Gasteiger partial charge in [-0.2, -0.15) is 4.98 Å². The predicted molar refractivity (Wildman–Crippen MR) is 114 cm³/mol. The minimum atomic E-state index is -0.908. The largest absolute Gasteiger partial charge is 0.376 e. The van der Waals surface area contributed by atoms with Crippen LogP contribution in [-0.2, 0) is 15.7 Å². The number of aromatic nitrogens is 2. The first-order valence-electron chi connectivity index (χ1n) is 10.8. The molecule has 1 N–H and O–H groups in total. The third-order valence-electron chi connectivity index (χ3n) is 5.70. The molecule has 1 atom stereocenters. The Morgan fingerprint density at radius 3 is 2.50 bits per heavy atom. The highest BCUT2D eigenvalue weighted by Gasteiger charge is 2.38. The van der Waals surface area contributed by atoms with Crippen molar-refractivity contribution in [3.8, 4) is 0 Å². The molecule has 0 saturated carbocycles. The number of imide groups is 1. The van der Waals surface area contributed by atoms with Gasteiger partial charge in [0.15, 0.2) is 5.82 Å². The van der Waals surface area contributed by atoms with Crippen molar-refractivity contribution in [3.05, 3.63) is 46.6 Å². The Bertz CT molecular complexity index is 1080. The summed E-state index contributed by atoms with van der Waals surface area (Å²) in [4.78, 5) is 44.1. The summed E-state index contributed by atoms with van der Waals surface area (Å²) in [7, 11) is 0. The van der Waals surface area contributed by atoms with E-state index in [-0.39, 0.29) is 35.1 Å². The normalized spacial score (nSPS) is 18.9. The summed E-state index contributed by atoms with van der Waals surface area (Å²) >= 11 is 0. The molecule has 1 aromatic carbocycles. The summed E-state index contributed by atoms with van der Waals surface area (Å²) < 4.78 is 10.9. The molecule has 1 aromatic heterocycles. The van der Waals surface area contributed by atoms with Crippen LogP contribution in [0.1, 0.15) is 90.2 Å². The predicted octanol–water partition coefficient (Wildman–Crippen LogP) is 2.81. The third-order valence-corrected chi connectivity index (χ3v) is 5.70. The Labute approximate surface area is 186 Å². The Morgan fingerprint density at radius 1 is 1.16 bits per heavy atom. The number of nitrogens with zero attached hydrogens (tertiary/aromatic N) is 3. The van der Waals surface area contributed by atoms with Crippen molar-refractivity contribution >= 4 is 17.7 Å². The van der Waals surface area contributed by atoms with Gasteiger partial charge in [0.2, 0.25) is 5.89 Å². The van der Waals surface area contributed by atoms with Crippen LogP contribution >= 0.6 is 0 Å². The number of fused-ring (bicyclic) bond motifs is 1. The molecule has 1 unspecified atom stereocenters. The summed E-state index contributed by atoms with van der Waals surface area (Å²) in [6.45, 7) is 10.3. The first-order chi connectivity index (χ1) is 15.0. The Balaban J connectivity index is 1.51. The van der Waals surface area contributed by atoms with E-state index in [1.165, 1.54) is 17.0 Å². The molecular formula is C23H28N4O5. The van der Waals surface area contributed by atoms with Crippen LogP contribution in [0.2, 0.25) is 0 Å². The number of benzene rings is 1. The maximum absolute atomic E-state index is 13.0. The molecule has 2 aliphatic rings. The molecule has 9 heteroatoms. The van der Waals surface area contributed by atoms with Gasteiger partial charge in [-0.25, -0.2) is 0 Å². The van der Waals surface area contributed by atoms with E-state index in [1.807, 2.05) is 20.8 Å². The van der Waals surface area contributed by atoms with Gasteiger partial charge in [0.1, 0.15) is 0 Å². The van der Waals surface area contributed by atoms with Crippen LogP contribution in [0.4, 0.5) is 0 Å². The fourth-order valence-corrected chi connectivity index (χ4v) is 3.78. The molecule has 4 rings (SSSR count). The molecular weight excluding hydrogens is 412 g/mol. The third kappa shape index (κ3) is 4.04. The summed E-state index contributed by atoms with van der Waals surface area (Å²) in [6.07, 6.45) is 1.61. The van der Waals surface area contributed by atoms with Crippen LogP contribution in [0.25, 0.3) is 0 Å². The number of carbonyl (C=O) groups excluding carboxylic acids is 3. The zero-order chi connectivity index (χ0) is 23.3. The number of nitrogens with one attached hydrogen (secondary N) is 1. The van der Waals surface area contributed by atoms with E-state index >= 15 is 0 Å². The highest BCUT2D eigenvalue weighted by molar-refractivity contribution is 6.22. The molecule has 0 radical (unpaired) electrons. The van der Waals surface area contributed by atoms with Crippen molar-refractivity contribution in [2.75, 3.05) is 13.2 Å². The lowest BCUT2D eigenvalue weighted by molar-refractivity contribution is 0.0475. The van der Waals surface area contributed by atoms with E-state index in [2.05, 4.69) is 15.5 Å². The van der Waals surface area contributed by atoms with Gasteiger partial charge in [0, 0.05) is 17.6 Å². The SMILES string of the molecule is CC(C)(C)c1nc(C(C)(C)NC(=O)c2ccc3c(c2)C(=O)N(CC2CCCO2)C3=O)no1. The van der Waals surface area contributed by atoms with Gasteiger partial charge in [-0.05, 0) is 44.9 Å². The average Bonchev–Trinajstić information content (AvgIpc) is 3.45. The standard InChI is InChI=1S/C23H28N4O5/c1-22(2,3)21-24-20(26-32-21)23(4,5)25-17(28)13-8-9-15-16(11-13)19(30)27(18(15)29)12-14-7-6-10-31-14/h8-9,11,14H,6-7,10,12H2,1-5H3,(H,25,28). The summed E-state index contributed by atoms with van der Waals surface area (Å²) in [5, 5.41) is 6.91. The lowest BCUT2D eigenvalue weighted by atomic mass is 9.96. The first kappa shape index (κ1) is 22.1. The van der Waals surface area contributed by atoms with Gasteiger partial charge in [0.05, 0.1) is 29.3 Å². The van der Waals surface area contributed by atoms with Crippen LogP contribution in [0.3, 0.4) is 0 Å². The number of rotatable bonds is 5. The molecule has 170 valence electrons. The zero-order valence-electron chi connectivity index (χ0n) is 19.0.